The third-order valence-electron chi connectivity index (χ3n) is 5.01. The molecule has 0 radical (unpaired) electrons. The Balaban J connectivity index is 1.54. The van der Waals surface area contributed by atoms with Gasteiger partial charge in [0.1, 0.15) is 17.3 Å². The number of nitrogens with one attached hydrogen (secondary N) is 1. The molecule has 0 atom stereocenters. The molecule has 0 aliphatic rings. The molecule has 154 valence electrons. The molecule has 5 rings (SSSR count). The molecule has 5 aromatic rings. The molecular formula is C23H16Cl2FN5. The Morgan fingerprint density at radius 1 is 0.968 bits per heavy atom. The predicted octanol–water partition coefficient (Wildman–Crippen LogP) is 5.91. The average molecular weight is 452 g/mol. The summed E-state index contributed by atoms with van der Waals surface area (Å²) in [6.07, 6.45) is 0.626. The standard InChI is InChI=1S/C23H16Cl2FN5/c24-16-7-6-15(19(25)11-16)13-31-20-12-17(26)8-9-18(20)22(30-31)23-27-21(28-29-23)10-14-4-2-1-3-5-14/h1-9,11-12H,10,13H2,(H,27,28,29). The van der Waals surface area contributed by atoms with E-state index in [2.05, 4.69) is 15.2 Å². The molecule has 0 saturated heterocycles. The number of aromatic nitrogens is 5. The summed E-state index contributed by atoms with van der Waals surface area (Å²) >= 11 is 12.3. The number of hydrogen-bond donors (Lipinski definition) is 1. The van der Waals surface area contributed by atoms with Crippen molar-refractivity contribution in [2.24, 2.45) is 0 Å². The van der Waals surface area contributed by atoms with Gasteiger partial charge < -0.3 is 0 Å². The van der Waals surface area contributed by atoms with Crippen molar-refractivity contribution in [1.29, 1.82) is 0 Å². The zero-order valence-corrected chi connectivity index (χ0v) is 17.7. The Morgan fingerprint density at radius 2 is 1.81 bits per heavy atom. The van der Waals surface area contributed by atoms with Gasteiger partial charge in [-0.2, -0.15) is 10.2 Å². The van der Waals surface area contributed by atoms with E-state index in [0.29, 0.717) is 40.0 Å². The molecule has 31 heavy (non-hydrogen) atoms. The fraction of sp³-hybridized carbons (Fsp3) is 0.0870. The Bertz CT molecular complexity index is 1380. The van der Waals surface area contributed by atoms with Crippen LogP contribution in [0.2, 0.25) is 10.0 Å². The second-order valence-corrected chi connectivity index (χ2v) is 8.02. The number of fused-ring (bicyclic) bond motifs is 1. The van der Waals surface area contributed by atoms with Crippen molar-refractivity contribution < 1.29 is 4.39 Å². The Morgan fingerprint density at radius 3 is 2.61 bits per heavy atom. The first-order valence-electron chi connectivity index (χ1n) is 9.62. The smallest absolute Gasteiger partial charge is 0.202 e. The van der Waals surface area contributed by atoms with Crippen LogP contribution in [0.5, 0.6) is 0 Å². The number of benzene rings is 3. The van der Waals surface area contributed by atoms with Gasteiger partial charge in [0.05, 0.1) is 12.1 Å². The van der Waals surface area contributed by atoms with E-state index in [0.717, 1.165) is 22.3 Å². The van der Waals surface area contributed by atoms with Crippen LogP contribution in [0, 0.1) is 5.82 Å². The van der Waals surface area contributed by atoms with Gasteiger partial charge >= 0.3 is 0 Å². The number of halogens is 3. The number of hydrogen-bond acceptors (Lipinski definition) is 3. The molecule has 0 aliphatic heterocycles. The molecule has 0 unspecified atom stereocenters. The zero-order valence-electron chi connectivity index (χ0n) is 16.2. The molecule has 0 aliphatic carbocycles. The summed E-state index contributed by atoms with van der Waals surface area (Å²) in [7, 11) is 0. The number of aromatic amines is 1. The van der Waals surface area contributed by atoms with Gasteiger partial charge in [0.15, 0.2) is 0 Å². The van der Waals surface area contributed by atoms with E-state index in [1.165, 1.54) is 12.1 Å². The lowest BCUT2D eigenvalue weighted by Gasteiger charge is -2.06. The van der Waals surface area contributed by atoms with Gasteiger partial charge in [-0.1, -0.05) is 59.6 Å². The van der Waals surface area contributed by atoms with E-state index in [1.54, 1.807) is 22.9 Å². The van der Waals surface area contributed by atoms with Crippen LogP contribution in [-0.2, 0) is 13.0 Å². The lowest BCUT2D eigenvalue weighted by molar-refractivity contribution is 0.626. The number of rotatable bonds is 5. The molecule has 0 amide bonds. The van der Waals surface area contributed by atoms with Gasteiger partial charge in [-0.3, -0.25) is 9.78 Å². The van der Waals surface area contributed by atoms with Crippen LogP contribution >= 0.6 is 23.2 Å². The predicted molar refractivity (Wildman–Crippen MR) is 120 cm³/mol. The molecule has 5 nitrogen and oxygen atoms in total. The highest BCUT2D eigenvalue weighted by atomic mass is 35.5. The van der Waals surface area contributed by atoms with E-state index >= 15 is 0 Å². The summed E-state index contributed by atoms with van der Waals surface area (Å²) in [5.41, 5.74) is 3.16. The number of nitrogens with zero attached hydrogens (tertiary/aromatic N) is 4. The maximum Gasteiger partial charge on any atom is 0.202 e. The summed E-state index contributed by atoms with van der Waals surface area (Å²) in [5.74, 6) is 0.845. The molecular weight excluding hydrogens is 436 g/mol. The minimum atomic E-state index is -0.345. The van der Waals surface area contributed by atoms with Crippen molar-refractivity contribution >= 4 is 34.1 Å². The van der Waals surface area contributed by atoms with Gasteiger partial charge in [0.25, 0.3) is 0 Å². The first-order chi connectivity index (χ1) is 15.1. The highest BCUT2D eigenvalue weighted by Gasteiger charge is 2.18. The summed E-state index contributed by atoms with van der Waals surface area (Å²) < 4.78 is 15.7. The largest absolute Gasteiger partial charge is 0.262 e. The summed E-state index contributed by atoms with van der Waals surface area (Å²) in [5, 5.41) is 13.9. The molecule has 0 spiro atoms. The van der Waals surface area contributed by atoms with Gasteiger partial charge in [0, 0.05) is 21.9 Å². The van der Waals surface area contributed by atoms with E-state index in [1.807, 2.05) is 36.4 Å². The average Bonchev–Trinajstić information content (AvgIpc) is 3.35. The van der Waals surface area contributed by atoms with Crippen LogP contribution in [0.15, 0.2) is 66.7 Å². The second kappa shape index (κ2) is 8.13. The highest BCUT2D eigenvalue weighted by Crippen LogP contribution is 2.29. The van der Waals surface area contributed by atoms with Crippen molar-refractivity contribution in [3.05, 3.63) is 99.5 Å². The zero-order chi connectivity index (χ0) is 21.4. The molecule has 0 saturated carbocycles. The maximum absolute atomic E-state index is 14.0. The van der Waals surface area contributed by atoms with Gasteiger partial charge in [-0.15, -0.1) is 0 Å². The second-order valence-electron chi connectivity index (χ2n) is 7.17. The lowest BCUT2D eigenvalue weighted by atomic mass is 10.1. The molecule has 1 N–H and O–H groups in total. The molecule has 2 aromatic heterocycles. The molecule has 0 fully saturated rings. The topological polar surface area (TPSA) is 59.4 Å². The third kappa shape index (κ3) is 4.04. The first-order valence-corrected chi connectivity index (χ1v) is 10.4. The van der Waals surface area contributed by atoms with Crippen molar-refractivity contribution in [2.75, 3.05) is 0 Å². The molecule has 3 aromatic carbocycles. The Labute approximate surface area is 187 Å². The molecule has 2 heterocycles. The van der Waals surface area contributed by atoms with E-state index < -0.39 is 0 Å². The van der Waals surface area contributed by atoms with E-state index in [9.17, 15) is 4.39 Å². The normalized spacial score (nSPS) is 11.3. The summed E-state index contributed by atoms with van der Waals surface area (Å²) in [4.78, 5) is 4.62. The minimum Gasteiger partial charge on any atom is -0.262 e. The van der Waals surface area contributed by atoms with Crippen LogP contribution < -0.4 is 0 Å². The van der Waals surface area contributed by atoms with Gasteiger partial charge in [0.2, 0.25) is 5.82 Å². The van der Waals surface area contributed by atoms with Crippen molar-refractivity contribution in [1.82, 2.24) is 25.0 Å². The minimum absolute atomic E-state index is 0.345. The van der Waals surface area contributed by atoms with Crippen LogP contribution in [-0.4, -0.2) is 25.0 Å². The van der Waals surface area contributed by atoms with Crippen molar-refractivity contribution in [3.63, 3.8) is 0 Å². The summed E-state index contributed by atoms with van der Waals surface area (Å²) in [6, 6.07) is 19.8. The van der Waals surface area contributed by atoms with Crippen molar-refractivity contribution in [3.8, 4) is 11.5 Å². The van der Waals surface area contributed by atoms with Crippen LogP contribution in [0.1, 0.15) is 17.0 Å². The van der Waals surface area contributed by atoms with Crippen molar-refractivity contribution in [2.45, 2.75) is 13.0 Å². The Kier molecular flexibility index (Phi) is 5.18. The van der Waals surface area contributed by atoms with Crippen LogP contribution in [0.3, 0.4) is 0 Å². The fourth-order valence-electron chi connectivity index (χ4n) is 3.51. The van der Waals surface area contributed by atoms with E-state index in [4.69, 9.17) is 28.3 Å². The van der Waals surface area contributed by atoms with Gasteiger partial charge in [-0.25, -0.2) is 9.37 Å². The maximum atomic E-state index is 14.0. The van der Waals surface area contributed by atoms with E-state index in [-0.39, 0.29) is 5.82 Å². The van der Waals surface area contributed by atoms with Gasteiger partial charge in [-0.05, 0) is 41.5 Å². The summed E-state index contributed by atoms with van der Waals surface area (Å²) in [6.45, 7) is 0.358. The first kappa shape index (κ1) is 19.7. The van der Waals surface area contributed by atoms with Crippen LogP contribution in [0.4, 0.5) is 4.39 Å². The number of H-pyrrole nitrogens is 1. The highest BCUT2D eigenvalue weighted by molar-refractivity contribution is 6.35. The Hall–Kier alpha value is -3.22. The SMILES string of the molecule is Fc1ccc2c(-c3n[nH]c(Cc4ccccc4)n3)nn(Cc3ccc(Cl)cc3Cl)c2c1. The van der Waals surface area contributed by atoms with Crippen LogP contribution in [0.25, 0.3) is 22.4 Å². The quantitative estimate of drug-likeness (QED) is 0.361. The lowest BCUT2D eigenvalue weighted by Crippen LogP contribution is -2.02. The molecule has 0 bridgehead atoms. The third-order valence-corrected chi connectivity index (χ3v) is 5.59. The fourth-order valence-corrected chi connectivity index (χ4v) is 3.98. The monoisotopic (exact) mass is 451 g/mol. The molecule has 8 heteroatoms.